The predicted molar refractivity (Wildman–Crippen MR) is 107 cm³/mol. The Morgan fingerprint density at radius 1 is 0.686 bits per heavy atom. The van der Waals surface area contributed by atoms with Crippen LogP contribution < -0.4 is 0 Å². The molecule has 2 rings (SSSR count). The lowest BCUT2D eigenvalue weighted by atomic mass is 9.96. The lowest BCUT2D eigenvalue weighted by molar-refractivity contribution is -0.362. The Morgan fingerprint density at radius 2 is 1.23 bits per heavy atom. The van der Waals surface area contributed by atoms with Crippen molar-refractivity contribution in [1.29, 1.82) is 0 Å². The molecule has 0 unspecified atom stereocenters. The van der Waals surface area contributed by atoms with Gasteiger partial charge >= 0.3 is 23.9 Å². The van der Waals surface area contributed by atoms with Gasteiger partial charge < -0.3 is 53.6 Å². The first kappa shape index (κ1) is 28.8. The Morgan fingerprint density at radius 3 is 1.74 bits per heavy atom. The minimum atomic E-state index is -1.88. The lowest BCUT2D eigenvalue weighted by Crippen LogP contribution is -2.66. The molecule has 4 N–H and O–H groups in total. The van der Waals surface area contributed by atoms with Crippen LogP contribution in [0.15, 0.2) is 0 Å². The summed E-state index contributed by atoms with van der Waals surface area (Å²) in [5, 5.41) is 40.1. The quantitative estimate of drug-likeness (QED) is 0.188. The standard InChI is InChI=1S/C20H30O15/c1-7(22)29-6-12-15(30-8(2)23)17(31-9(3)24)18(32-10(4)25)20(34-12)35-16-14(27)13(26)11(5-21)33-19(16)28/h11-21,26-28H,5-6H2,1-4H3/t11-,12-,13-,14+,15-,16-,17+,18-,19-,20+/m1/s1. The first-order valence-electron chi connectivity index (χ1n) is 10.6. The van der Waals surface area contributed by atoms with E-state index in [1.807, 2.05) is 0 Å². The average molecular weight is 510 g/mol. The molecule has 15 nitrogen and oxygen atoms in total. The number of rotatable bonds is 8. The zero-order valence-corrected chi connectivity index (χ0v) is 19.5. The van der Waals surface area contributed by atoms with Crippen LogP contribution in [0.4, 0.5) is 0 Å². The van der Waals surface area contributed by atoms with Gasteiger partial charge in [-0.25, -0.2) is 0 Å². The van der Waals surface area contributed by atoms with E-state index in [2.05, 4.69) is 0 Å². The second-order valence-electron chi connectivity index (χ2n) is 7.90. The normalized spacial score (nSPS) is 37.1. The molecule has 2 aliphatic heterocycles. The van der Waals surface area contributed by atoms with Gasteiger partial charge in [0.05, 0.1) is 6.61 Å². The Hall–Kier alpha value is -2.40. The average Bonchev–Trinajstić information content (AvgIpc) is 2.75. The number of ether oxygens (including phenoxy) is 7. The van der Waals surface area contributed by atoms with Gasteiger partial charge in [0.15, 0.2) is 30.9 Å². The molecule has 0 saturated carbocycles. The molecule has 0 aromatic rings. The molecule has 10 atom stereocenters. The third-order valence-electron chi connectivity index (χ3n) is 5.08. The molecule has 0 aromatic carbocycles. The van der Waals surface area contributed by atoms with E-state index in [0.29, 0.717) is 0 Å². The predicted octanol–water partition coefficient (Wildman–Crippen LogP) is -3.11. The summed E-state index contributed by atoms with van der Waals surface area (Å²) in [6.07, 6.45) is -16.0. The van der Waals surface area contributed by atoms with E-state index in [-0.39, 0.29) is 0 Å². The fraction of sp³-hybridized carbons (Fsp3) is 0.800. The molecule has 2 saturated heterocycles. The summed E-state index contributed by atoms with van der Waals surface area (Å²) in [6.45, 7) is 2.99. The van der Waals surface area contributed by atoms with Crippen LogP contribution in [0.2, 0.25) is 0 Å². The van der Waals surface area contributed by atoms with Crippen LogP contribution in [0.1, 0.15) is 27.7 Å². The van der Waals surface area contributed by atoms with Crippen LogP contribution in [-0.4, -0.2) is 119 Å². The molecule has 2 heterocycles. The van der Waals surface area contributed by atoms with Gasteiger partial charge in [-0.3, -0.25) is 19.2 Å². The summed E-state index contributed by atoms with van der Waals surface area (Å²) in [4.78, 5) is 46.8. The maximum Gasteiger partial charge on any atom is 0.303 e. The van der Waals surface area contributed by atoms with Crippen LogP contribution in [0.25, 0.3) is 0 Å². The van der Waals surface area contributed by atoms with E-state index in [9.17, 15) is 39.6 Å². The SMILES string of the molecule is CC(=O)OC[C@H]1O[C@@H](O[C@@H]2[C@@H](O)[C@H](O)[C@@H](CO)O[C@H]2O)[C@H](OC(C)=O)[C@@H](OC(C)=O)[C@@H]1OC(C)=O. The van der Waals surface area contributed by atoms with Gasteiger partial charge in [0.2, 0.25) is 0 Å². The first-order chi connectivity index (χ1) is 16.3. The van der Waals surface area contributed by atoms with E-state index in [1.165, 1.54) is 0 Å². The van der Waals surface area contributed by atoms with E-state index in [1.54, 1.807) is 0 Å². The molecule has 0 spiro atoms. The number of aliphatic hydroxyl groups is 4. The molecule has 0 amide bonds. The van der Waals surface area contributed by atoms with Crippen molar-refractivity contribution < 1.29 is 72.8 Å². The van der Waals surface area contributed by atoms with Crippen molar-refractivity contribution in [2.24, 2.45) is 0 Å². The third kappa shape index (κ3) is 7.54. The smallest absolute Gasteiger partial charge is 0.303 e. The van der Waals surface area contributed by atoms with E-state index < -0.39 is 98.5 Å². The number of hydrogen-bond donors (Lipinski definition) is 4. The third-order valence-corrected chi connectivity index (χ3v) is 5.08. The van der Waals surface area contributed by atoms with Crippen molar-refractivity contribution in [2.75, 3.05) is 13.2 Å². The molecule has 15 heteroatoms. The molecular weight excluding hydrogens is 480 g/mol. The highest BCUT2D eigenvalue weighted by atomic mass is 16.8. The second kappa shape index (κ2) is 12.5. The van der Waals surface area contributed by atoms with Crippen LogP contribution in [0.3, 0.4) is 0 Å². The van der Waals surface area contributed by atoms with Gasteiger partial charge in [0, 0.05) is 27.7 Å². The molecule has 0 aliphatic carbocycles. The van der Waals surface area contributed by atoms with E-state index in [0.717, 1.165) is 27.7 Å². The first-order valence-corrected chi connectivity index (χ1v) is 10.6. The summed E-state index contributed by atoms with van der Waals surface area (Å²) < 4.78 is 37.0. The van der Waals surface area contributed by atoms with E-state index >= 15 is 0 Å². The lowest BCUT2D eigenvalue weighted by Gasteiger charge is -2.47. The Kier molecular flexibility index (Phi) is 10.3. The Bertz CT molecular complexity index is 772. The fourth-order valence-electron chi connectivity index (χ4n) is 3.67. The highest BCUT2D eigenvalue weighted by Gasteiger charge is 2.55. The summed E-state index contributed by atoms with van der Waals surface area (Å²) in [7, 11) is 0. The highest BCUT2D eigenvalue weighted by molar-refractivity contribution is 5.68. The maximum absolute atomic E-state index is 11.8. The van der Waals surface area contributed by atoms with Gasteiger partial charge in [-0.05, 0) is 0 Å². The summed E-state index contributed by atoms with van der Waals surface area (Å²) in [6, 6.07) is 0. The van der Waals surface area contributed by atoms with Crippen LogP contribution in [0.5, 0.6) is 0 Å². The van der Waals surface area contributed by atoms with Crippen molar-refractivity contribution >= 4 is 23.9 Å². The van der Waals surface area contributed by atoms with Gasteiger partial charge in [-0.2, -0.15) is 0 Å². The summed E-state index contributed by atoms with van der Waals surface area (Å²) >= 11 is 0. The number of aliphatic hydroxyl groups excluding tert-OH is 4. The van der Waals surface area contributed by atoms with Crippen molar-refractivity contribution in [3.05, 3.63) is 0 Å². The van der Waals surface area contributed by atoms with Crippen molar-refractivity contribution in [2.45, 2.75) is 89.1 Å². The van der Waals surface area contributed by atoms with Gasteiger partial charge in [-0.15, -0.1) is 0 Å². The minimum absolute atomic E-state index is 0.515. The van der Waals surface area contributed by atoms with Crippen molar-refractivity contribution in [3.8, 4) is 0 Å². The van der Waals surface area contributed by atoms with Gasteiger partial charge in [-0.1, -0.05) is 0 Å². The molecular formula is C20H30O15. The molecule has 200 valence electrons. The zero-order chi connectivity index (χ0) is 26.4. The largest absolute Gasteiger partial charge is 0.463 e. The van der Waals surface area contributed by atoms with Gasteiger partial charge in [0.25, 0.3) is 0 Å². The minimum Gasteiger partial charge on any atom is -0.463 e. The Labute approximate surface area is 199 Å². The van der Waals surface area contributed by atoms with Crippen molar-refractivity contribution in [3.63, 3.8) is 0 Å². The molecule has 0 radical (unpaired) electrons. The fourth-order valence-corrected chi connectivity index (χ4v) is 3.67. The zero-order valence-electron chi connectivity index (χ0n) is 19.5. The summed E-state index contributed by atoms with van der Waals surface area (Å²) in [5.74, 6) is -3.29. The molecule has 0 bridgehead atoms. The van der Waals surface area contributed by atoms with Crippen molar-refractivity contribution in [1.82, 2.24) is 0 Å². The monoisotopic (exact) mass is 510 g/mol. The highest BCUT2D eigenvalue weighted by Crippen LogP contribution is 2.33. The number of carbonyl (C=O) groups excluding carboxylic acids is 4. The van der Waals surface area contributed by atoms with Crippen LogP contribution in [-0.2, 0) is 52.3 Å². The molecule has 2 aliphatic rings. The maximum atomic E-state index is 11.8. The van der Waals surface area contributed by atoms with Crippen LogP contribution in [0, 0.1) is 0 Å². The van der Waals surface area contributed by atoms with Crippen LogP contribution >= 0.6 is 0 Å². The molecule has 35 heavy (non-hydrogen) atoms. The number of carbonyl (C=O) groups is 4. The number of esters is 4. The Balaban J connectivity index is 2.43. The number of hydrogen-bond acceptors (Lipinski definition) is 15. The molecule has 2 fully saturated rings. The van der Waals surface area contributed by atoms with Gasteiger partial charge in [0.1, 0.15) is 37.1 Å². The molecule has 0 aromatic heterocycles. The summed E-state index contributed by atoms with van der Waals surface area (Å²) in [5.41, 5.74) is 0. The topological polar surface area (TPSA) is 214 Å². The van der Waals surface area contributed by atoms with E-state index in [4.69, 9.17) is 33.2 Å². The second-order valence-corrected chi connectivity index (χ2v) is 7.90.